The number of phenolic OH excluding ortho intramolecular Hbond substituents is 2. The third kappa shape index (κ3) is 2.79. The van der Waals surface area contributed by atoms with E-state index in [0.29, 0.717) is 17.7 Å². The van der Waals surface area contributed by atoms with Gasteiger partial charge in [0.25, 0.3) is 0 Å². The van der Waals surface area contributed by atoms with Crippen LogP contribution < -0.4 is 9.47 Å². The second kappa shape index (κ2) is 6.19. The normalized spacial score (nSPS) is 10.3. The van der Waals surface area contributed by atoms with Gasteiger partial charge in [-0.3, -0.25) is 0 Å². The van der Waals surface area contributed by atoms with E-state index in [4.69, 9.17) is 9.47 Å². The van der Waals surface area contributed by atoms with Gasteiger partial charge in [0.2, 0.25) is 11.5 Å². The molecule has 0 fully saturated rings. The molecule has 4 heteroatoms. The van der Waals surface area contributed by atoms with Crippen molar-refractivity contribution in [3.8, 4) is 23.0 Å². The van der Waals surface area contributed by atoms with Crippen molar-refractivity contribution < 1.29 is 19.7 Å². The zero-order chi connectivity index (χ0) is 14.5. The largest absolute Gasteiger partial charge is 0.504 e. The molecule has 0 atom stereocenters. The SMILES string of the molecule is COc1cc(CCc2ccccc2)c(O)c(O)c1OC. The number of phenols is 2. The van der Waals surface area contributed by atoms with Gasteiger partial charge < -0.3 is 19.7 Å². The molecule has 0 saturated carbocycles. The summed E-state index contributed by atoms with van der Waals surface area (Å²) in [6, 6.07) is 11.7. The summed E-state index contributed by atoms with van der Waals surface area (Å²) < 4.78 is 10.2. The predicted molar refractivity (Wildman–Crippen MR) is 76.7 cm³/mol. The smallest absolute Gasteiger partial charge is 0.207 e. The molecule has 2 rings (SSSR count). The number of benzene rings is 2. The predicted octanol–water partition coefficient (Wildman–Crippen LogP) is 2.90. The highest BCUT2D eigenvalue weighted by Gasteiger charge is 2.18. The molecule has 20 heavy (non-hydrogen) atoms. The van der Waals surface area contributed by atoms with E-state index in [-0.39, 0.29) is 17.2 Å². The fraction of sp³-hybridized carbons (Fsp3) is 0.250. The molecule has 0 bridgehead atoms. The molecular formula is C16H18O4. The Labute approximate surface area is 118 Å². The van der Waals surface area contributed by atoms with Gasteiger partial charge in [-0.1, -0.05) is 30.3 Å². The molecule has 0 radical (unpaired) electrons. The Balaban J connectivity index is 2.26. The number of aryl methyl sites for hydroxylation is 2. The molecule has 4 nitrogen and oxygen atoms in total. The van der Waals surface area contributed by atoms with Crippen LogP contribution in [0.1, 0.15) is 11.1 Å². The molecular weight excluding hydrogens is 256 g/mol. The first-order chi connectivity index (χ1) is 9.67. The first-order valence-corrected chi connectivity index (χ1v) is 6.37. The average molecular weight is 274 g/mol. The van der Waals surface area contributed by atoms with Gasteiger partial charge in [0.15, 0.2) is 11.5 Å². The standard InChI is InChI=1S/C16H18O4/c1-19-13-10-12(14(17)15(18)16(13)20-2)9-8-11-6-4-3-5-7-11/h3-7,10,17-18H,8-9H2,1-2H3. The minimum absolute atomic E-state index is 0.147. The Morgan fingerprint density at radius 3 is 2.20 bits per heavy atom. The molecule has 106 valence electrons. The molecule has 0 aliphatic rings. The van der Waals surface area contributed by atoms with Crippen molar-refractivity contribution in [1.82, 2.24) is 0 Å². The van der Waals surface area contributed by atoms with Crippen molar-refractivity contribution in [2.45, 2.75) is 12.8 Å². The summed E-state index contributed by atoms with van der Waals surface area (Å²) in [5.74, 6) is 0.118. The number of rotatable bonds is 5. The molecule has 2 aromatic carbocycles. The lowest BCUT2D eigenvalue weighted by molar-refractivity contribution is 0.319. The maximum atomic E-state index is 10.0. The molecule has 2 N–H and O–H groups in total. The van der Waals surface area contributed by atoms with Crippen LogP contribution in [-0.4, -0.2) is 24.4 Å². The van der Waals surface area contributed by atoms with Gasteiger partial charge in [-0.25, -0.2) is 0 Å². The summed E-state index contributed by atoms with van der Waals surface area (Å²) in [6.45, 7) is 0. The third-order valence-electron chi connectivity index (χ3n) is 3.22. The van der Waals surface area contributed by atoms with Gasteiger partial charge in [-0.15, -0.1) is 0 Å². The second-order valence-corrected chi connectivity index (χ2v) is 4.45. The molecule has 2 aromatic rings. The van der Waals surface area contributed by atoms with E-state index in [1.165, 1.54) is 19.8 Å². The second-order valence-electron chi connectivity index (χ2n) is 4.45. The van der Waals surface area contributed by atoms with Crippen LogP contribution >= 0.6 is 0 Å². The summed E-state index contributed by atoms with van der Waals surface area (Å²) in [5.41, 5.74) is 1.80. The van der Waals surface area contributed by atoms with Gasteiger partial charge in [0.05, 0.1) is 14.2 Å². The van der Waals surface area contributed by atoms with E-state index < -0.39 is 0 Å². The first kappa shape index (κ1) is 14.1. The lowest BCUT2D eigenvalue weighted by Crippen LogP contribution is -1.97. The highest BCUT2D eigenvalue weighted by molar-refractivity contribution is 5.61. The lowest BCUT2D eigenvalue weighted by Gasteiger charge is -2.14. The summed E-state index contributed by atoms with van der Waals surface area (Å²) in [5, 5.41) is 20.0. The fourth-order valence-electron chi connectivity index (χ4n) is 2.13. The Morgan fingerprint density at radius 2 is 1.60 bits per heavy atom. The maximum Gasteiger partial charge on any atom is 0.207 e. The van der Waals surface area contributed by atoms with E-state index in [1.807, 2.05) is 30.3 Å². The molecule has 0 aromatic heterocycles. The van der Waals surface area contributed by atoms with E-state index in [1.54, 1.807) is 6.07 Å². The zero-order valence-electron chi connectivity index (χ0n) is 11.6. The highest BCUT2D eigenvalue weighted by Crippen LogP contribution is 2.45. The molecule has 0 spiro atoms. The Hall–Kier alpha value is -2.36. The van der Waals surface area contributed by atoms with Crippen LogP contribution in [0.2, 0.25) is 0 Å². The summed E-state index contributed by atoms with van der Waals surface area (Å²) in [6.07, 6.45) is 1.37. The monoisotopic (exact) mass is 274 g/mol. The van der Waals surface area contributed by atoms with Crippen molar-refractivity contribution in [3.63, 3.8) is 0 Å². The first-order valence-electron chi connectivity index (χ1n) is 6.37. The number of hydrogen-bond acceptors (Lipinski definition) is 4. The Bertz CT molecular complexity index is 579. The van der Waals surface area contributed by atoms with E-state index in [9.17, 15) is 10.2 Å². The van der Waals surface area contributed by atoms with E-state index >= 15 is 0 Å². The molecule has 0 unspecified atom stereocenters. The number of hydrogen-bond donors (Lipinski definition) is 2. The zero-order valence-corrected chi connectivity index (χ0v) is 11.6. The van der Waals surface area contributed by atoms with Gasteiger partial charge in [0.1, 0.15) is 0 Å². The Kier molecular flexibility index (Phi) is 4.35. The average Bonchev–Trinajstić information content (AvgIpc) is 2.49. The van der Waals surface area contributed by atoms with Crippen LogP contribution in [0.5, 0.6) is 23.0 Å². The number of methoxy groups -OCH3 is 2. The summed E-state index contributed by atoms with van der Waals surface area (Å²) >= 11 is 0. The Morgan fingerprint density at radius 1 is 0.900 bits per heavy atom. The van der Waals surface area contributed by atoms with Gasteiger partial charge in [-0.05, 0) is 24.5 Å². The van der Waals surface area contributed by atoms with E-state index in [0.717, 1.165) is 6.42 Å². The molecule has 0 heterocycles. The van der Waals surface area contributed by atoms with Gasteiger partial charge in [0, 0.05) is 5.56 Å². The fourth-order valence-corrected chi connectivity index (χ4v) is 2.13. The molecule has 0 aliphatic heterocycles. The van der Waals surface area contributed by atoms with Crippen molar-refractivity contribution in [2.75, 3.05) is 14.2 Å². The van der Waals surface area contributed by atoms with Crippen LogP contribution in [0.15, 0.2) is 36.4 Å². The molecule has 0 saturated heterocycles. The highest BCUT2D eigenvalue weighted by atomic mass is 16.5. The van der Waals surface area contributed by atoms with Gasteiger partial charge >= 0.3 is 0 Å². The topological polar surface area (TPSA) is 58.9 Å². The number of ether oxygens (including phenoxy) is 2. The quantitative estimate of drug-likeness (QED) is 0.823. The van der Waals surface area contributed by atoms with Crippen molar-refractivity contribution in [3.05, 3.63) is 47.5 Å². The van der Waals surface area contributed by atoms with Crippen molar-refractivity contribution >= 4 is 0 Å². The minimum Gasteiger partial charge on any atom is -0.504 e. The van der Waals surface area contributed by atoms with Crippen LogP contribution in [0, 0.1) is 0 Å². The minimum atomic E-state index is -0.282. The van der Waals surface area contributed by atoms with Crippen molar-refractivity contribution in [2.24, 2.45) is 0 Å². The van der Waals surface area contributed by atoms with Crippen molar-refractivity contribution in [1.29, 1.82) is 0 Å². The van der Waals surface area contributed by atoms with Crippen LogP contribution in [-0.2, 0) is 12.8 Å². The third-order valence-corrected chi connectivity index (χ3v) is 3.22. The summed E-state index contributed by atoms with van der Waals surface area (Å²) in [4.78, 5) is 0. The molecule has 0 amide bonds. The molecule has 0 aliphatic carbocycles. The lowest BCUT2D eigenvalue weighted by atomic mass is 10.0. The van der Waals surface area contributed by atoms with Crippen LogP contribution in [0.25, 0.3) is 0 Å². The van der Waals surface area contributed by atoms with Gasteiger partial charge in [-0.2, -0.15) is 0 Å². The van der Waals surface area contributed by atoms with E-state index in [2.05, 4.69) is 0 Å². The van der Waals surface area contributed by atoms with Crippen LogP contribution in [0.4, 0.5) is 0 Å². The number of aromatic hydroxyl groups is 2. The maximum absolute atomic E-state index is 10.0. The van der Waals surface area contributed by atoms with Crippen LogP contribution in [0.3, 0.4) is 0 Å². The summed E-state index contributed by atoms with van der Waals surface area (Å²) in [7, 11) is 2.91.